The fourth-order valence-electron chi connectivity index (χ4n) is 1.50. The van der Waals surface area contributed by atoms with Crippen molar-refractivity contribution >= 4 is 17.9 Å². The van der Waals surface area contributed by atoms with Crippen molar-refractivity contribution in [1.82, 2.24) is 0 Å². The van der Waals surface area contributed by atoms with Crippen molar-refractivity contribution < 1.29 is 19.2 Å². The van der Waals surface area contributed by atoms with Gasteiger partial charge in [0.15, 0.2) is 0 Å². The maximum Gasteiger partial charge on any atom is 0.343 e. The van der Waals surface area contributed by atoms with E-state index in [1.807, 2.05) is 0 Å². The Balaban J connectivity index is 2.10. The van der Waals surface area contributed by atoms with Crippen LogP contribution in [0, 0.1) is 10.1 Å². The number of benzene rings is 2. The second kappa shape index (κ2) is 5.75. The van der Waals surface area contributed by atoms with Gasteiger partial charge < -0.3 is 4.74 Å². The maximum atomic E-state index is 11.8. The van der Waals surface area contributed by atoms with Gasteiger partial charge in [-0.25, -0.2) is 4.79 Å². The number of hydrogen-bond donors (Lipinski definition) is 0. The summed E-state index contributed by atoms with van der Waals surface area (Å²) in [6, 6.07) is 11.1. The molecule has 0 saturated carbocycles. The summed E-state index contributed by atoms with van der Waals surface area (Å²) in [4.78, 5) is 32.2. The van der Waals surface area contributed by atoms with Crippen LogP contribution in [-0.4, -0.2) is 17.2 Å². The largest absolute Gasteiger partial charge is 0.423 e. The first-order chi connectivity index (χ1) is 9.60. The number of ether oxygens (including phenoxy) is 1. The third-order valence-corrected chi connectivity index (χ3v) is 2.54. The van der Waals surface area contributed by atoms with Crippen LogP contribution >= 0.6 is 0 Å². The number of nitrogens with zero attached hydrogens (tertiary/aromatic N) is 1. The first-order valence-electron chi connectivity index (χ1n) is 5.62. The Morgan fingerprint density at radius 2 is 1.65 bits per heavy atom. The fraction of sp³-hybridized carbons (Fsp3) is 0. The lowest BCUT2D eigenvalue weighted by molar-refractivity contribution is -0.384. The number of carbonyl (C=O) groups is 2. The van der Waals surface area contributed by atoms with Crippen LogP contribution in [0.1, 0.15) is 20.7 Å². The zero-order valence-corrected chi connectivity index (χ0v) is 10.2. The van der Waals surface area contributed by atoms with Crippen LogP contribution in [0.25, 0.3) is 0 Å². The summed E-state index contributed by atoms with van der Waals surface area (Å²) >= 11 is 0. The third-order valence-electron chi connectivity index (χ3n) is 2.54. The lowest BCUT2D eigenvalue weighted by Crippen LogP contribution is -2.08. The predicted molar refractivity (Wildman–Crippen MR) is 69.9 cm³/mol. The quantitative estimate of drug-likeness (QED) is 0.280. The van der Waals surface area contributed by atoms with E-state index in [2.05, 4.69) is 0 Å². The maximum absolute atomic E-state index is 11.8. The average molecular weight is 271 g/mol. The van der Waals surface area contributed by atoms with Gasteiger partial charge in [-0.3, -0.25) is 14.9 Å². The normalized spacial score (nSPS) is 9.80. The minimum Gasteiger partial charge on any atom is -0.423 e. The summed E-state index contributed by atoms with van der Waals surface area (Å²) in [6.07, 6.45) is 0.672. The molecule has 0 aliphatic rings. The van der Waals surface area contributed by atoms with Gasteiger partial charge >= 0.3 is 5.97 Å². The van der Waals surface area contributed by atoms with Gasteiger partial charge in [-0.1, -0.05) is 12.1 Å². The van der Waals surface area contributed by atoms with Crippen LogP contribution in [-0.2, 0) is 0 Å². The summed E-state index contributed by atoms with van der Waals surface area (Å²) in [6.45, 7) is 0. The summed E-state index contributed by atoms with van der Waals surface area (Å²) in [5.74, 6) is -0.392. The SMILES string of the molecule is O=Cc1ccc(C(=O)Oc2ccc([N+](=O)[O-])cc2)cc1. The standard InChI is InChI=1S/C14H9NO5/c16-9-10-1-3-11(4-2-10)14(17)20-13-7-5-12(6-8-13)15(18)19/h1-9H. The molecule has 0 saturated heterocycles. The van der Waals surface area contributed by atoms with Crippen molar-refractivity contribution in [3.05, 3.63) is 69.8 Å². The number of nitro groups is 1. The molecule has 0 spiro atoms. The third kappa shape index (κ3) is 3.05. The Hall–Kier alpha value is -3.02. The smallest absolute Gasteiger partial charge is 0.343 e. The molecule has 0 aliphatic carbocycles. The molecule has 6 nitrogen and oxygen atoms in total. The van der Waals surface area contributed by atoms with E-state index in [1.54, 1.807) is 0 Å². The predicted octanol–water partition coefficient (Wildman–Crippen LogP) is 2.63. The van der Waals surface area contributed by atoms with Crippen LogP contribution in [0.3, 0.4) is 0 Å². The second-order valence-electron chi connectivity index (χ2n) is 3.88. The number of carbonyl (C=O) groups excluding carboxylic acids is 2. The lowest BCUT2D eigenvalue weighted by Gasteiger charge is -2.04. The molecule has 0 heterocycles. The van der Waals surface area contributed by atoms with Crippen LogP contribution in [0.4, 0.5) is 5.69 Å². The zero-order valence-electron chi connectivity index (χ0n) is 10.2. The van der Waals surface area contributed by atoms with Gasteiger partial charge in [-0.05, 0) is 24.3 Å². The molecule has 100 valence electrons. The molecule has 0 atom stereocenters. The molecule has 0 amide bonds. The topological polar surface area (TPSA) is 86.5 Å². The van der Waals surface area contributed by atoms with Crippen molar-refractivity contribution in [2.24, 2.45) is 0 Å². The molecule has 0 unspecified atom stereocenters. The molecule has 0 fully saturated rings. The van der Waals surface area contributed by atoms with Crippen LogP contribution in [0.15, 0.2) is 48.5 Å². The Labute approximate surface area is 113 Å². The van der Waals surface area contributed by atoms with Crippen molar-refractivity contribution in [2.45, 2.75) is 0 Å². The molecule has 2 aromatic rings. The molecule has 0 bridgehead atoms. The molecule has 2 aromatic carbocycles. The van der Waals surface area contributed by atoms with Gasteiger partial charge in [0.2, 0.25) is 0 Å². The number of non-ortho nitro benzene ring substituents is 1. The molecular weight excluding hydrogens is 262 g/mol. The Morgan fingerprint density at radius 1 is 1.05 bits per heavy atom. The summed E-state index contributed by atoms with van der Waals surface area (Å²) < 4.78 is 5.06. The van der Waals surface area contributed by atoms with Gasteiger partial charge in [0.1, 0.15) is 12.0 Å². The summed E-state index contributed by atoms with van der Waals surface area (Å²) in [7, 11) is 0. The van der Waals surface area contributed by atoms with Gasteiger partial charge in [0, 0.05) is 17.7 Å². The van der Waals surface area contributed by atoms with E-state index in [9.17, 15) is 19.7 Å². The highest BCUT2D eigenvalue weighted by Crippen LogP contribution is 2.18. The second-order valence-corrected chi connectivity index (χ2v) is 3.88. The van der Waals surface area contributed by atoms with Crippen LogP contribution in [0.5, 0.6) is 5.75 Å². The zero-order chi connectivity index (χ0) is 14.5. The monoisotopic (exact) mass is 271 g/mol. The van der Waals surface area contributed by atoms with E-state index in [4.69, 9.17) is 4.74 Å². The molecule has 20 heavy (non-hydrogen) atoms. The average Bonchev–Trinajstić information content (AvgIpc) is 2.48. The Bertz CT molecular complexity index is 646. The minimum atomic E-state index is -0.601. The Kier molecular flexibility index (Phi) is 3.85. The summed E-state index contributed by atoms with van der Waals surface area (Å²) in [5.41, 5.74) is 0.658. The molecule has 0 N–H and O–H groups in total. The van der Waals surface area contributed by atoms with Crippen molar-refractivity contribution in [3.8, 4) is 5.75 Å². The van der Waals surface area contributed by atoms with Crippen molar-refractivity contribution in [2.75, 3.05) is 0 Å². The van der Waals surface area contributed by atoms with Crippen molar-refractivity contribution in [3.63, 3.8) is 0 Å². The molecule has 0 radical (unpaired) electrons. The van der Waals surface area contributed by atoms with E-state index in [0.29, 0.717) is 11.8 Å². The number of rotatable bonds is 4. The Morgan fingerprint density at radius 3 is 2.15 bits per heavy atom. The van der Waals surface area contributed by atoms with Gasteiger partial charge in [-0.15, -0.1) is 0 Å². The van der Waals surface area contributed by atoms with Gasteiger partial charge in [0.25, 0.3) is 5.69 Å². The highest BCUT2D eigenvalue weighted by atomic mass is 16.6. The molecular formula is C14H9NO5. The molecule has 0 aliphatic heterocycles. The van der Waals surface area contributed by atoms with Gasteiger partial charge in [0.05, 0.1) is 10.5 Å². The molecule has 6 heteroatoms. The minimum absolute atomic E-state index is 0.0832. The highest BCUT2D eigenvalue weighted by Gasteiger charge is 2.10. The number of aldehydes is 1. The van der Waals surface area contributed by atoms with E-state index < -0.39 is 10.9 Å². The van der Waals surface area contributed by atoms with E-state index in [-0.39, 0.29) is 17.0 Å². The fourth-order valence-corrected chi connectivity index (χ4v) is 1.50. The number of hydrogen-bond acceptors (Lipinski definition) is 5. The highest BCUT2D eigenvalue weighted by molar-refractivity contribution is 5.91. The summed E-state index contributed by atoms with van der Waals surface area (Å²) in [5, 5.41) is 10.5. The van der Waals surface area contributed by atoms with E-state index in [1.165, 1.54) is 48.5 Å². The lowest BCUT2D eigenvalue weighted by atomic mass is 10.1. The van der Waals surface area contributed by atoms with Gasteiger partial charge in [-0.2, -0.15) is 0 Å². The number of nitro benzene ring substituents is 1. The first-order valence-corrected chi connectivity index (χ1v) is 5.62. The van der Waals surface area contributed by atoms with E-state index >= 15 is 0 Å². The number of esters is 1. The van der Waals surface area contributed by atoms with Crippen LogP contribution in [0.2, 0.25) is 0 Å². The van der Waals surface area contributed by atoms with Crippen molar-refractivity contribution in [1.29, 1.82) is 0 Å². The first kappa shape index (κ1) is 13.4. The molecule has 0 aromatic heterocycles. The molecule has 2 rings (SSSR count). The van der Waals surface area contributed by atoms with Crippen LogP contribution < -0.4 is 4.74 Å². The van der Waals surface area contributed by atoms with E-state index in [0.717, 1.165) is 0 Å².